The van der Waals surface area contributed by atoms with E-state index in [1.807, 2.05) is 0 Å². The SMILES string of the molecule is C=CCNC(N)=NCCc1ccc(F)c(Br)c1. The minimum absolute atomic E-state index is 0.260. The second-order valence-electron chi connectivity index (χ2n) is 3.43. The molecule has 0 saturated carbocycles. The normalized spacial score (nSPS) is 11.3. The van der Waals surface area contributed by atoms with Crippen LogP contribution in [0.25, 0.3) is 0 Å². The van der Waals surface area contributed by atoms with Crippen LogP contribution in [0.4, 0.5) is 4.39 Å². The summed E-state index contributed by atoms with van der Waals surface area (Å²) in [6.07, 6.45) is 2.43. The summed E-state index contributed by atoms with van der Waals surface area (Å²) >= 11 is 3.14. The maximum atomic E-state index is 13.0. The number of hydrogen-bond donors (Lipinski definition) is 2. The van der Waals surface area contributed by atoms with Crippen molar-refractivity contribution in [3.63, 3.8) is 0 Å². The highest BCUT2D eigenvalue weighted by atomic mass is 79.9. The Balaban J connectivity index is 2.45. The van der Waals surface area contributed by atoms with E-state index in [9.17, 15) is 4.39 Å². The molecule has 0 saturated heterocycles. The average Bonchev–Trinajstić information content (AvgIpc) is 2.31. The molecule has 1 aromatic carbocycles. The van der Waals surface area contributed by atoms with Crippen molar-refractivity contribution >= 4 is 21.9 Å². The van der Waals surface area contributed by atoms with Gasteiger partial charge in [-0.25, -0.2) is 4.39 Å². The summed E-state index contributed by atoms with van der Waals surface area (Å²) in [6, 6.07) is 4.92. The molecule has 1 rings (SSSR count). The Morgan fingerprint density at radius 1 is 1.59 bits per heavy atom. The molecule has 92 valence electrons. The Morgan fingerprint density at radius 3 is 3.00 bits per heavy atom. The van der Waals surface area contributed by atoms with E-state index in [2.05, 4.69) is 32.8 Å². The van der Waals surface area contributed by atoms with Crippen molar-refractivity contribution in [3.8, 4) is 0 Å². The number of nitrogens with two attached hydrogens (primary N) is 1. The van der Waals surface area contributed by atoms with E-state index < -0.39 is 0 Å². The van der Waals surface area contributed by atoms with E-state index in [0.29, 0.717) is 23.5 Å². The Labute approximate surface area is 109 Å². The van der Waals surface area contributed by atoms with Gasteiger partial charge in [0.15, 0.2) is 5.96 Å². The minimum Gasteiger partial charge on any atom is -0.370 e. The van der Waals surface area contributed by atoms with Crippen molar-refractivity contribution in [1.82, 2.24) is 5.32 Å². The molecule has 3 N–H and O–H groups in total. The number of nitrogens with one attached hydrogen (secondary N) is 1. The van der Waals surface area contributed by atoms with Crippen LogP contribution in [0.5, 0.6) is 0 Å². The molecule has 17 heavy (non-hydrogen) atoms. The van der Waals surface area contributed by atoms with Crippen molar-refractivity contribution in [2.75, 3.05) is 13.1 Å². The Hall–Kier alpha value is -1.36. The fraction of sp³-hybridized carbons (Fsp3) is 0.250. The standard InChI is InChI=1S/C12H15BrFN3/c1-2-6-16-12(15)17-7-5-9-3-4-11(14)10(13)8-9/h2-4,8H,1,5-7H2,(H3,15,16,17). The van der Waals surface area contributed by atoms with E-state index >= 15 is 0 Å². The number of benzene rings is 1. The van der Waals surface area contributed by atoms with Gasteiger partial charge >= 0.3 is 0 Å². The van der Waals surface area contributed by atoms with Crippen LogP contribution in [0, 0.1) is 5.82 Å². The van der Waals surface area contributed by atoms with Gasteiger partial charge in [0.25, 0.3) is 0 Å². The second-order valence-corrected chi connectivity index (χ2v) is 4.29. The molecule has 0 aliphatic heterocycles. The van der Waals surface area contributed by atoms with Gasteiger partial charge in [0, 0.05) is 13.1 Å². The Kier molecular flexibility index (Phi) is 5.69. The van der Waals surface area contributed by atoms with Crippen molar-refractivity contribution in [2.24, 2.45) is 10.7 Å². The second kappa shape index (κ2) is 7.06. The van der Waals surface area contributed by atoms with Gasteiger partial charge in [-0.2, -0.15) is 0 Å². The highest BCUT2D eigenvalue weighted by Gasteiger charge is 2.00. The molecular weight excluding hydrogens is 285 g/mol. The molecule has 1 aromatic rings. The largest absolute Gasteiger partial charge is 0.370 e. The summed E-state index contributed by atoms with van der Waals surface area (Å²) in [5.74, 6) is 0.135. The van der Waals surface area contributed by atoms with Gasteiger partial charge in [-0.05, 0) is 40.0 Å². The van der Waals surface area contributed by atoms with Gasteiger partial charge in [0.05, 0.1) is 4.47 Å². The highest BCUT2D eigenvalue weighted by Crippen LogP contribution is 2.17. The molecule has 0 unspecified atom stereocenters. The van der Waals surface area contributed by atoms with Gasteiger partial charge in [-0.1, -0.05) is 12.1 Å². The van der Waals surface area contributed by atoms with Crippen LogP contribution < -0.4 is 11.1 Å². The molecule has 0 amide bonds. The smallest absolute Gasteiger partial charge is 0.188 e. The molecule has 3 nitrogen and oxygen atoms in total. The van der Waals surface area contributed by atoms with Crippen molar-refractivity contribution < 1.29 is 4.39 Å². The Morgan fingerprint density at radius 2 is 2.35 bits per heavy atom. The molecule has 0 aliphatic carbocycles. The fourth-order valence-electron chi connectivity index (χ4n) is 1.23. The third-order valence-electron chi connectivity index (χ3n) is 2.09. The summed E-state index contributed by atoms with van der Waals surface area (Å²) in [7, 11) is 0. The number of aliphatic imine (C=N–C) groups is 1. The molecule has 0 aromatic heterocycles. The lowest BCUT2D eigenvalue weighted by Crippen LogP contribution is -2.31. The lowest BCUT2D eigenvalue weighted by atomic mass is 10.1. The quantitative estimate of drug-likeness (QED) is 0.498. The van der Waals surface area contributed by atoms with Crippen molar-refractivity contribution in [3.05, 3.63) is 46.7 Å². The number of guanidine groups is 1. The lowest BCUT2D eigenvalue weighted by molar-refractivity contribution is 0.620. The maximum absolute atomic E-state index is 13.0. The van der Waals surface area contributed by atoms with Crippen molar-refractivity contribution in [1.29, 1.82) is 0 Å². The van der Waals surface area contributed by atoms with E-state index in [4.69, 9.17) is 5.73 Å². The molecule has 0 aliphatic rings. The van der Waals surface area contributed by atoms with Crippen LogP contribution in [0.15, 0.2) is 40.3 Å². The summed E-state index contributed by atoms with van der Waals surface area (Å²) in [5, 5.41) is 2.88. The minimum atomic E-state index is -0.260. The van der Waals surface area contributed by atoms with Crippen molar-refractivity contribution in [2.45, 2.75) is 6.42 Å². The third-order valence-corrected chi connectivity index (χ3v) is 2.70. The summed E-state index contributed by atoms with van der Waals surface area (Å²) in [4.78, 5) is 4.14. The number of halogens is 2. The molecule has 0 radical (unpaired) electrons. The van der Waals surface area contributed by atoms with E-state index in [1.165, 1.54) is 6.07 Å². The van der Waals surface area contributed by atoms with Crippen LogP contribution in [0.3, 0.4) is 0 Å². The monoisotopic (exact) mass is 299 g/mol. The summed E-state index contributed by atoms with van der Waals surface area (Å²) < 4.78 is 13.4. The highest BCUT2D eigenvalue weighted by molar-refractivity contribution is 9.10. The zero-order chi connectivity index (χ0) is 12.7. The molecule has 5 heteroatoms. The number of hydrogen-bond acceptors (Lipinski definition) is 1. The van der Waals surface area contributed by atoms with E-state index in [0.717, 1.165) is 12.0 Å². The predicted molar refractivity (Wildman–Crippen MR) is 72.5 cm³/mol. The first-order valence-corrected chi connectivity index (χ1v) is 6.01. The molecule has 0 fully saturated rings. The topological polar surface area (TPSA) is 50.4 Å². The molecule has 0 spiro atoms. The van der Waals surface area contributed by atoms with Gasteiger partial charge in [0.2, 0.25) is 0 Å². The van der Waals surface area contributed by atoms with Crippen LogP contribution >= 0.6 is 15.9 Å². The van der Waals surface area contributed by atoms with Crippen LogP contribution in [-0.4, -0.2) is 19.0 Å². The zero-order valence-corrected chi connectivity index (χ0v) is 11.0. The molecule has 0 heterocycles. The molecular formula is C12H15BrFN3. The first-order chi connectivity index (χ1) is 8.13. The lowest BCUT2D eigenvalue weighted by Gasteiger charge is -2.03. The molecule has 0 bridgehead atoms. The van der Waals surface area contributed by atoms with Crippen LogP contribution in [-0.2, 0) is 6.42 Å². The van der Waals surface area contributed by atoms with Crippen LogP contribution in [0.1, 0.15) is 5.56 Å². The number of rotatable bonds is 5. The summed E-state index contributed by atoms with van der Waals surface area (Å²) in [6.45, 7) is 4.72. The predicted octanol–water partition coefficient (Wildman–Crippen LogP) is 2.22. The van der Waals surface area contributed by atoms with E-state index in [-0.39, 0.29) is 5.82 Å². The number of nitrogens with zero attached hydrogens (tertiary/aromatic N) is 1. The van der Waals surface area contributed by atoms with Gasteiger partial charge < -0.3 is 11.1 Å². The first kappa shape index (κ1) is 13.7. The van der Waals surface area contributed by atoms with Gasteiger partial charge in [-0.3, -0.25) is 4.99 Å². The fourth-order valence-corrected chi connectivity index (χ4v) is 1.66. The molecule has 0 atom stereocenters. The van der Waals surface area contributed by atoms with Gasteiger partial charge in [0.1, 0.15) is 5.82 Å². The Bertz CT molecular complexity index is 418. The van der Waals surface area contributed by atoms with Crippen LogP contribution in [0.2, 0.25) is 0 Å². The average molecular weight is 300 g/mol. The third kappa shape index (κ3) is 4.99. The summed E-state index contributed by atoms with van der Waals surface area (Å²) in [5.41, 5.74) is 6.61. The van der Waals surface area contributed by atoms with E-state index in [1.54, 1.807) is 18.2 Å². The first-order valence-electron chi connectivity index (χ1n) is 5.22. The maximum Gasteiger partial charge on any atom is 0.188 e. The zero-order valence-electron chi connectivity index (χ0n) is 9.42. The van der Waals surface area contributed by atoms with Gasteiger partial charge in [-0.15, -0.1) is 6.58 Å².